The molecule has 6 heterocycles. The molecule has 0 spiro atoms. The zero-order valence-electron chi connectivity index (χ0n) is 16.8. The maximum absolute atomic E-state index is 13.5. The topological polar surface area (TPSA) is 60.8 Å². The fourth-order valence-electron chi connectivity index (χ4n) is 6.66. The van der Waals surface area contributed by atoms with Gasteiger partial charge in [0.2, 0.25) is 0 Å². The number of piperidine rings is 3. The van der Waals surface area contributed by atoms with Gasteiger partial charge in [-0.25, -0.2) is 0 Å². The van der Waals surface area contributed by atoms with E-state index in [4.69, 9.17) is 9.47 Å². The number of aryl methyl sites for hydroxylation is 1. The molecule has 0 saturated carbocycles. The highest BCUT2D eigenvalue weighted by atomic mass is 16.6. The highest BCUT2D eigenvalue weighted by Gasteiger charge is 2.73. The molecule has 6 heteroatoms. The lowest BCUT2D eigenvalue weighted by atomic mass is 9.56. The number of benzene rings is 1. The summed E-state index contributed by atoms with van der Waals surface area (Å²) in [5.74, 6) is -0.537. The van der Waals surface area contributed by atoms with Gasteiger partial charge in [0.25, 0.3) is 0 Å². The van der Waals surface area contributed by atoms with Crippen molar-refractivity contribution in [3.05, 3.63) is 47.2 Å². The first kappa shape index (κ1) is 17.3. The van der Waals surface area contributed by atoms with Gasteiger partial charge in [-0.15, -0.1) is 0 Å². The first-order valence-electron chi connectivity index (χ1n) is 10.3. The SMILES string of the molecule is C/C=C1/CN2[C@H]3[C@@H]4OC(=O)[C@@]3(COC(C)=O)[C@H]1C[C@H]2c1c4c2ccccc2n1C. The van der Waals surface area contributed by atoms with Crippen LogP contribution in [0.4, 0.5) is 0 Å². The molecule has 6 atom stereocenters. The number of esters is 2. The number of hydrogen-bond donors (Lipinski definition) is 0. The van der Waals surface area contributed by atoms with E-state index in [0.29, 0.717) is 0 Å². The quantitative estimate of drug-likeness (QED) is 0.581. The van der Waals surface area contributed by atoms with Crippen LogP contribution < -0.4 is 0 Å². The van der Waals surface area contributed by atoms with Gasteiger partial charge < -0.3 is 14.0 Å². The predicted octanol–water partition coefficient (Wildman–Crippen LogP) is 3.03. The van der Waals surface area contributed by atoms with E-state index in [2.05, 4.69) is 40.8 Å². The van der Waals surface area contributed by atoms with Crippen molar-refractivity contribution in [2.24, 2.45) is 18.4 Å². The highest BCUT2D eigenvalue weighted by molar-refractivity contribution is 5.90. The smallest absolute Gasteiger partial charge is 0.318 e. The number of hydrogen-bond acceptors (Lipinski definition) is 5. The number of rotatable bonds is 2. The van der Waals surface area contributed by atoms with E-state index in [1.54, 1.807) is 0 Å². The third-order valence-electron chi connectivity index (χ3n) is 7.76. The number of ether oxygens (including phenoxy) is 2. The molecule has 1 unspecified atom stereocenters. The summed E-state index contributed by atoms with van der Waals surface area (Å²) >= 11 is 0. The lowest BCUT2D eigenvalue weighted by Gasteiger charge is -2.60. The highest BCUT2D eigenvalue weighted by Crippen LogP contribution is 2.66. The number of para-hydroxylation sites is 1. The van der Waals surface area contributed by atoms with Gasteiger partial charge in [0.1, 0.15) is 18.1 Å². The number of aromatic nitrogens is 1. The fourth-order valence-corrected chi connectivity index (χ4v) is 6.66. The molecule has 1 aromatic heterocycles. The van der Waals surface area contributed by atoms with Crippen molar-refractivity contribution in [2.45, 2.75) is 38.5 Å². The maximum Gasteiger partial charge on any atom is 0.318 e. The first-order chi connectivity index (χ1) is 14.0. The van der Waals surface area contributed by atoms with Gasteiger partial charge in [0, 0.05) is 48.6 Å². The molecule has 0 N–H and O–H groups in total. The minimum absolute atomic E-state index is 0.0375. The van der Waals surface area contributed by atoms with Gasteiger partial charge in [-0.2, -0.15) is 0 Å². The van der Waals surface area contributed by atoms with Crippen LogP contribution >= 0.6 is 0 Å². The molecule has 4 saturated heterocycles. The second-order valence-electron chi connectivity index (χ2n) is 8.81. The largest absolute Gasteiger partial charge is 0.465 e. The monoisotopic (exact) mass is 392 g/mol. The maximum atomic E-state index is 13.5. The van der Waals surface area contributed by atoms with Gasteiger partial charge >= 0.3 is 11.9 Å². The molecule has 5 aliphatic heterocycles. The third kappa shape index (κ3) is 1.86. The molecule has 0 amide bonds. The van der Waals surface area contributed by atoms with Crippen LogP contribution in [0.25, 0.3) is 10.9 Å². The molecule has 7 rings (SSSR count). The van der Waals surface area contributed by atoms with Crippen LogP contribution in [0.5, 0.6) is 0 Å². The summed E-state index contributed by atoms with van der Waals surface area (Å²) in [4.78, 5) is 27.6. The van der Waals surface area contributed by atoms with Crippen molar-refractivity contribution in [1.82, 2.24) is 9.47 Å². The summed E-state index contributed by atoms with van der Waals surface area (Å²) in [6.45, 7) is 4.37. The lowest BCUT2D eigenvalue weighted by Crippen LogP contribution is -2.67. The molecule has 6 nitrogen and oxygen atoms in total. The van der Waals surface area contributed by atoms with E-state index in [-0.39, 0.29) is 42.7 Å². The first-order valence-corrected chi connectivity index (χ1v) is 10.3. The Balaban J connectivity index is 1.62. The van der Waals surface area contributed by atoms with Crippen molar-refractivity contribution in [1.29, 1.82) is 0 Å². The molecule has 4 bridgehead atoms. The van der Waals surface area contributed by atoms with Crippen LogP contribution in [-0.2, 0) is 26.1 Å². The van der Waals surface area contributed by atoms with Crippen molar-refractivity contribution < 1.29 is 19.1 Å². The van der Waals surface area contributed by atoms with E-state index >= 15 is 0 Å². The molecule has 5 aliphatic rings. The summed E-state index contributed by atoms with van der Waals surface area (Å²) < 4.78 is 13.9. The number of fused-ring (bicyclic) bond motifs is 5. The second kappa shape index (κ2) is 5.51. The molecule has 2 aromatic rings. The van der Waals surface area contributed by atoms with Gasteiger partial charge in [-0.05, 0) is 19.4 Å². The van der Waals surface area contributed by atoms with Crippen LogP contribution in [0.15, 0.2) is 35.9 Å². The average Bonchev–Trinajstić information content (AvgIpc) is 3.21. The zero-order chi connectivity index (χ0) is 20.1. The minimum Gasteiger partial charge on any atom is -0.465 e. The predicted molar refractivity (Wildman–Crippen MR) is 106 cm³/mol. The summed E-state index contributed by atoms with van der Waals surface area (Å²) in [5.41, 5.74) is 4.02. The second-order valence-corrected chi connectivity index (χ2v) is 8.81. The van der Waals surface area contributed by atoms with E-state index in [1.807, 2.05) is 13.0 Å². The van der Waals surface area contributed by atoms with Crippen molar-refractivity contribution >= 4 is 22.8 Å². The minimum atomic E-state index is -0.818. The lowest BCUT2D eigenvalue weighted by molar-refractivity contribution is -0.167. The normalized spacial score (nSPS) is 37.7. The van der Waals surface area contributed by atoms with Crippen LogP contribution in [0.2, 0.25) is 0 Å². The molecule has 29 heavy (non-hydrogen) atoms. The number of carbonyl (C=O) groups is 2. The number of allylic oxidation sites excluding steroid dienone is 1. The fraction of sp³-hybridized carbons (Fsp3) is 0.478. The van der Waals surface area contributed by atoms with Gasteiger partial charge in [0.05, 0.1) is 12.1 Å². The van der Waals surface area contributed by atoms with Crippen LogP contribution in [0.3, 0.4) is 0 Å². The van der Waals surface area contributed by atoms with Gasteiger partial charge in [-0.3, -0.25) is 14.5 Å². The van der Waals surface area contributed by atoms with Gasteiger partial charge in [0.15, 0.2) is 0 Å². The van der Waals surface area contributed by atoms with Crippen molar-refractivity contribution in [2.75, 3.05) is 13.2 Å². The van der Waals surface area contributed by atoms with E-state index < -0.39 is 5.41 Å². The number of nitrogens with zero attached hydrogens (tertiary/aromatic N) is 2. The molecule has 150 valence electrons. The Hall–Kier alpha value is -2.60. The third-order valence-corrected chi connectivity index (χ3v) is 7.76. The molecule has 1 aromatic carbocycles. The Morgan fingerprint density at radius 2 is 2.17 bits per heavy atom. The Bertz CT molecular complexity index is 1120. The van der Waals surface area contributed by atoms with Crippen LogP contribution in [0.1, 0.15) is 43.7 Å². The number of carbonyl (C=O) groups excluding carboxylic acids is 2. The Morgan fingerprint density at radius 1 is 1.38 bits per heavy atom. The average molecular weight is 392 g/mol. The summed E-state index contributed by atoms with van der Waals surface area (Å²) in [6.07, 6.45) is 2.65. The van der Waals surface area contributed by atoms with Crippen LogP contribution in [-0.4, -0.2) is 40.6 Å². The Kier molecular flexibility index (Phi) is 3.28. The zero-order valence-corrected chi connectivity index (χ0v) is 16.8. The summed E-state index contributed by atoms with van der Waals surface area (Å²) in [6, 6.07) is 8.50. The van der Waals surface area contributed by atoms with Crippen LogP contribution in [0, 0.1) is 11.3 Å². The van der Waals surface area contributed by atoms with E-state index in [1.165, 1.54) is 23.7 Å². The van der Waals surface area contributed by atoms with Crippen molar-refractivity contribution in [3.8, 4) is 0 Å². The molecule has 0 radical (unpaired) electrons. The molecular weight excluding hydrogens is 368 g/mol. The van der Waals surface area contributed by atoms with E-state index in [9.17, 15) is 9.59 Å². The summed E-state index contributed by atoms with van der Waals surface area (Å²) in [5, 5.41) is 1.16. The Morgan fingerprint density at radius 3 is 2.93 bits per heavy atom. The van der Waals surface area contributed by atoms with Crippen molar-refractivity contribution in [3.63, 3.8) is 0 Å². The molecular formula is C23H24N2O4. The molecule has 4 fully saturated rings. The standard InChI is InChI=1S/C23H24N2O4/c1-4-13-10-25-17-9-15(13)23(11-28-12(2)26)21(25)20(29-22(23)27)18-14-7-5-6-8-16(14)24(3)19(17)18/h4-8,15,17,20-21H,9-11H2,1-3H3/b13-4-/t15-,17-,20+,21-,23-/m0/s1. The van der Waals surface area contributed by atoms with E-state index in [0.717, 1.165) is 23.9 Å². The van der Waals surface area contributed by atoms with Gasteiger partial charge in [-0.1, -0.05) is 29.8 Å². The molecule has 0 aliphatic carbocycles. The Labute approximate surface area is 169 Å². The summed E-state index contributed by atoms with van der Waals surface area (Å²) in [7, 11) is 2.12.